The van der Waals surface area contributed by atoms with Crippen LogP contribution in [0.2, 0.25) is 0 Å². The molecule has 0 amide bonds. The first kappa shape index (κ1) is 11.1. The van der Waals surface area contributed by atoms with Gasteiger partial charge in [0.05, 0.1) is 6.07 Å². The van der Waals surface area contributed by atoms with Crippen LogP contribution in [0.5, 0.6) is 0 Å². The summed E-state index contributed by atoms with van der Waals surface area (Å²) in [5, 5.41) is 14.5. The quantitative estimate of drug-likeness (QED) is 0.903. The summed E-state index contributed by atoms with van der Waals surface area (Å²) in [5.41, 5.74) is 0. The van der Waals surface area contributed by atoms with Crippen LogP contribution in [0.15, 0.2) is 15.9 Å². The zero-order valence-corrected chi connectivity index (χ0v) is 10.6. The maximum atomic E-state index is 9.22. The van der Waals surface area contributed by atoms with Gasteiger partial charge in [0.25, 0.3) is 0 Å². The smallest absolute Gasteiger partial charge is 0.133 e. The van der Waals surface area contributed by atoms with Crippen molar-refractivity contribution >= 4 is 27.3 Å². The minimum absolute atomic E-state index is 0.0802. The fraction of sp³-hybridized carbons (Fsp3) is 0.500. The number of hydrogen-bond donors (Lipinski definition) is 1. The van der Waals surface area contributed by atoms with Crippen LogP contribution in [0.3, 0.4) is 0 Å². The fourth-order valence-electron chi connectivity index (χ4n) is 1.74. The molecule has 15 heavy (non-hydrogen) atoms. The van der Waals surface area contributed by atoms with Crippen LogP contribution in [0.1, 0.15) is 10.9 Å². The Balaban J connectivity index is 2.13. The molecule has 0 bridgehead atoms. The number of rotatable bonds is 2. The van der Waals surface area contributed by atoms with Gasteiger partial charge in [0.15, 0.2) is 0 Å². The molecule has 5 heteroatoms. The molecule has 0 radical (unpaired) electrons. The van der Waals surface area contributed by atoms with E-state index >= 15 is 0 Å². The standard InChI is InChI=1S/C10H12BrN3S/c11-8-5-10(15-7-8)9(6-12)14-3-1-13-2-4-14/h5,7,9,13H,1-4H2. The Hall–Kier alpha value is -0.410. The lowest BCUT2D eigenvalue weighted by Crippen LogP contribution is -2.44. The first-order chi connectivity index (χ1) is 7.31. The molecule has 1 aromatic rings. The summed E-state index contributed by atoms with van der Waals surface area (Å²) in [6.45, 7) is 3.86. The highest BCUT2D eigenvalue weighted by atomic mass is 79.9. The van der Waals surface area contributed by atoms with Gasteiger partial charge in [-0.05, 0) is 22.0 Å². The summed E-state index contributed by atoms with van der Waals surface area (Å²) in [6, 6.07) is 4.35. The van der Waals surface area contributed by atoms with E-state index < -0.39 is 0 Å². The predicted molar refractivity (Wildman–Crippen MR) is 64.8 cm³/mol. The summed E-state index contributed by atoms with van der Waals surface area (Å²) >= 11 is 5.07. The van der Waals surface area contributed by atoms with Crippen LogP contribution in [0, 0.1) is 11.3 Å². The Morgan fingerprint density at radius 1 is 1.53 bits per heavy atom. The van der Waals surface area contributed by atoms with Crippen molar-refractivity contribution < 1.29 is 0 Å². The summed E-state index contributed by atoms with van der Waals surface area (Å²) in [4.78, 5) is 3.36. The van der Waals surface area contributed by atoms with E-state index in [1.807, 2.05) is 11.4 Å². The predicted octanol–water partition coefficient (Wildman–Crippen LogP) is 1.98. The highest BCUT2D eigenvalue weighted by Gasteiger charge is 2.22. The first-order valence-corrected chi connectivity index (χ1v) is 6.57. The molecule has 2 rings (SSSR count). The van der Waals surface area contributed by atoms with Gasteiger partial charge in [0, 0.05) is 40.9 Å². The van der Waals surface area contributed by atoms with Crippen LogP contribution in [0.4, 0.5) is 0 Å². The maximum absolute atomic E-state index is 9.22. The number of nitrogens with one attached hydrogen (secondary N) is 1. The highest BCUT2D eigenvalue weighted by Crippen LogP contribution is 2.29. The van der Waals surface area contributed by atoms with Crippen LogP contribution in [0.25, 0.3) is 0 Å². The molecule has 1 aliphatic rings. The third-order valence-electron chi connectivity index (χ3n) is 2.50. The number of halogens is 1. The molecule has 1 N–H and O–H groups in total. The lowest BCUT2D eigenvalue weighted by molar-refractivity contribution is 0.210. The average Bonchev–Trinajstić information content (AvgIpc) is 2.68. The van der Waals surface area contributed by atoms with Crippen molar-refractivity contribution in [3.8, 4) is 6.07 Å². The second kappa shape index (κ2) is 5.08. The first-order valence-electron chi connectivity index (χ1n) is 4.89. The zero-order valence-electron chi connectivity index (χ0n) is 8.24. The van der Waals surface area contributed by atoms with Gasteiger partial charge in [-0.25, -0.2) is 0 Å². The Kier molecular flexibility index (Phi) is 3.76. The lowest BCUT2D eigenvalue weighted by Gasteiger charge is -2.30. The Morgan fingerprint density at radius 3 is 2.80 bits per heavy atom. The number of thiophene rings is 1. The Labute approximate surface area is 102 Å². The van der Waals surface area contributed by atoms with E-state index in [4.69, 9.17) is 0 Å². The molecular formula is C10H12BrN3S. The second-order valence-corrected chi connectivity index (χ2v) is 5.34. The van der Waals surface area contributed by atoms with E-state index in [2.05, 4.69) is 32.2 Å². The van der Waals surface area contributed by atoms with Gasteiger partial charge >= 0.3 is 0 Å². The second-order valence-electron chi connectivity index (χ2n) is 3.48. The normalized spacial score (nSPS) is 19.7. The van der Waals surface area contributed by atoms with Gasteiger partial charge in [-0.1, -0.05) is 0 Å². The maximum Gasteiger partial charge on any atom is 0.133 e. The molecule has 3 nitrogen and oxygen atoms in total. The molecule has 1 fully saturated rings. The molecule has 1 saturated heterocycles. The van der Waals surface area contributed by atoms with Crippen molar-refractivity contribution in [2.45, 2.75) is 6.04 Å². The zero-order chi connectivity index (χ0) is 10.7. The summed E-state index contributed by atoms with van der Waals surface area (Å²) < 4.78 is 1.07. The van der Waals surface area contributed by atoms with Crippen molar-refractivity contribution in [1.82, 2.24) is 10.2 Å². The monoisotopic (exact) mass is 285 g/mol. The van der Waals surface area contributed by atoms with Gasteiger partial charge in [0.2, 0.25) is 0 Å². The van der Waals surface area contributed by atoms with Gasteiger partial charge in [0.1, 0.15) is 6.04 Å². The molecule has 2 heterocycles. The Morgan fingerprint density at radius 2 is 2.27 bits per heavy atom. The van der Waals surface area contributed by atoms with Gasteiger partial charge < -0.3 is 5.32 Å². The molecule has 1 atom stereocenters. The Bertz CT molecular complexity index is 365. The molecule has 1 aliphatic heterocycles. The summed E-state index contributed by atoms with van der Waals surface area (Å²) in [6.07, 6.45) is 0. The van der Waals surface area contributed by atoms with E-state index in [1.165, 1.54) is 0 Å². The molecule has 0 saturated carbocycles. The average molecular weight is 286 g/mol. The van der Waals surface area contributed by atoms with Gasteiger partial charge in [-0.2, -0.15) is 5.26 Å². The van der Waals surface area contributed by atoms with E-state index in [0.29, 0.717) is 0 Å². The molecular weight excluding hydrogens is 274 g/mol. The molecule has 0 aromatic carbocycles. The molecule has 1 unspecified atom stereocenters. The number of piperazine rings is 1. The molecule has 1 aromatic heterocycles. The third-order valence-corrected chi connectivity index (χ3v) is 4.24. The van der Waals surface area contributed by atoms with Crippen LogP contribution in [-0.4, -0.2) is 31.1 Å². The summed E-state index contributed by atoms with van der Waals surface area (Å²) in [5.74, 6) is 0. The topological polar surface area (TPSA) is 39.1 Å². The van der Waals surface area contributed by atoms with Crippen molar-refractivity contribution in [3.05, 3.63) is 20.8 Å². The number of nitriles is 1. The van der Waals surface area contributed by atoms with Crippen LogP contribution < -0.4 is 5.32 Å². The minimum atomic E-state index is -0.0802. The van der Waals surface area contributed by atoms with E-state index in [1.54, 1.807) is 11.3 Å². The summed E-state index contributed by atoms with van der Waals surface area (Å²) in [7, 11) is 0. The van der Waals surface area contributed by atoms with Gasteiger partial charge in [-0.15, -0.1) is 11.3 Å². The van der Waals surface area contributed by atoms with Crippen molar-refractivity contribution in [3.63, 3.8) is 0 Å². The number of hydrogen-bond acceptors (Lipinski definition) is 4. The van der Waals surface area contributed by atoms with Crippen molar-refractivity contribution in [1.29, 1.82) is 5.26 Å². The van der Waals surface area contributed by atoms with Crippen molar-refractivity contribution in [2.24, 2.45) is 0 Å². The van der Waals surface area contributed by atoms with Crippen molar-refractivity contribution in [2.75, 3.05) is 26.2 Å². The lowest BCUT2D eigenvalue weighted by atomic mass is 10.2. The van der Waals surface area contributed by atoms with Crippen LogP contribution >= 0.6 is 27.3 Å². The molecule has 0 aliphatic carbocycles. The van der Waals surface area contributed by atoms with E-state index in [-0.39, 0.29) is 6.04 Å². The minimum Gasteiger partial charge on any atom is -0.314 e. The fourth-order valence-corrected chi connectivity index (χ4v) is 3.26. The molecule has 80 valence electrons. The van der Waals surface area contributed by atoms with E-state index in [9.17, 15) is 5.26 Å². The van der Waals surface area contributed by atoms with Crippen LogP contribution in [-0.2, 0) is 0 Å². The van der Waals surface area contributed by atoms with E-state index in [0.717, 1.165) is 35.5 Å². The highest BCUT2D eigenvalue weighted by molar-refractivity contribution is 9.10. The third kappa shape index (κ3) is 2.58. The SMILES string of the molecule is N#CC(c1cc(Br)cs1)N1CCNCC1. The number of nitrogens with zero attached hydrogens (tertiary/aromatic N) is 2. The van der Waals surface area contributed by atoms with Gasteiger partial charge in [-0.3, -0.25) is 4.90 Å². The largest absolute Gasteiger partial charge is 0.314 e. The molecule has 0 spiro atoms.